The molecule has 5 aromatic rings. The molecule has 1 radical (unpaired) electrons. The first-order valence-corrected chi connectivity index (χ1v) is 22.9. The summed E-state index contributed by atoms with van der Waals surface area (Å²) in [5, 5.41) is 9.27. The molecule has 0 aliphatic rings. The third-order valence-electron chi connectivity index (χ3n) is 10.6. The summed E-state index contributed by atoms with van der Waals surface area (Å²) in [5.74, 6) is 2.69. The van der Waals surface area contributed by atoms with E-state index in [4.69, 9.17) is 15.7 Å². The molecule has 0 aliphatic heterocycles. The topological polar surface area (TPSA) is 76.7 Å². The molecule has 0 heterocycles. The molecule has 0 saturated heterocycles. The van der Waals surface area contributed by atoms with Crippen LogP contribution >= 0.6 is 0 Å². The molecular formula is C58H76N5Yb. The Morgan fingerprint density at radius 2 is 0.641 bits per heavy atom. The number of aliphatic imine (C=N–C) groups is 2. The maximum absolute atomic E-state index is 8.01. The molecule has 0 fully saturated rings. The van der Waals surface area contributed by atoms with Gasteiger partial charge in [-0.25, -0.2) is 0 Å². The standard InChI is InChI=1S/2C23H29N2.C12H18N.Yb/c2*1-16(2)21-13-10-14-22(17(3)4)23(21)25-19(6)15-18(5)24-20-11-8-7-9-12-20;1-8(2)10-6-5-7-11(9(3)4)12(10)13;/h2*7-17H,1-6H3;5-9,13H,1-4H3;/q3*-1;+3/b2*18-15-,25-19?;;. The van der Waals surface area contributed by atoms with Crippen LogP contribution in [-0.4, -0.2) is 11.4 Å². The van der Waals surface area contributed by atoms with Crippen molar-refractivity contribution in [2.45, 2.75) is 146 Å². The quantitative estimate of drug-likeness (QED) is 0.0994. The monoisotopic (exact) mass is 1020 g/mol. The van der Waals surface area contributed by atoms with Crippen molar-refractivity contribution < 1.29 is 46.9 Å². The van der Waals surface area contributed by atoms with Gasteiger partial charge in [-0.05, 0) is 71.6 Å². The molecule has 0 aromatic heterocycles. The molecule has 0 unspecified atom stereocenters. The molecule has 0 bridgehead atoms. The number of nitrogens with zero attached hydrogens (tertiary/aromatic N) is 4. The second-order valence-corrected chi connectivity index (χ2v) is 18.3. The van der Waals surface area contributed by atoms with E-state index in [0.717, 1.165) is 62.4 Å². The van der Waals surface area contributed by atoms with Crippen molar-refractivity contribution in [2.75, 3.05) is 0 Å². The number of allylic oxidation sites excluding steroid dienone is 4. The zero-order valence-corrected chi connectivity index (χ0v) is 43.4. The SMILES string of the molecule is CC(/C=C(/C)[N-]c1ccccc1)=Nc1c(C(C)C)cccc1C(C)C.CC(/C=C(/C)[N-]c1ccccc1)=Nc1c(C(C)C)cccc1C(C)C.CC(C)c1cccc(C(C)C)c1[NH-].[Yb+3]. The Morgan fingerprint density at radius 1 is 0.391 bits per heavy atom. The molecule has 5 nitrogen and oxygen atoms in total. The van der Waals surface area contributed by atoms with E-state index in [2.05, 4.69) is 148 Å². The molecule has 5 aromatic carbocycles. The zero-order chi connectivity index (χ0) is 46.8. The smallest absolute Gasteiger partial charge is 0.698 e. The second kappa shape index (κ2) is 28.0. The molecule has 0 spiro atoms. The van der Waals surface area contributed by atoms with Gasteiger partial charge in [0, 0.05) is 11.4 Å². The van der Waals surface area contributed by atoms with Crippen LogP contribution in [0.1, 0.15) is 180 Å². The molecule has 0 amide bonds. The van der Waals surface area contributed by atoms with Gasteiger partial charge in [-0.1, -0.05) is 235 Å². The third-order valence-corrected chi connectivity index (χ3v) is 10.6. The molecule has 5 rings (SSSR count). The average molecular weight is 1020 g/mol. The molecule has 347 valence electrons. The number of nitrogens with one attached hydrogen (secondary N) is 1. The maximum Gasteiger partial charge on any atom is 3.00 e. The van der Waals surface area contributed by atoms with Crippen LogP contribution < -0.4 is 0 Å². The van der Waals surface area contributed by atoms with Crippen molar-refractivity contribution in [1.82, 2.24) is 0 Å². The Kier molecular flexibility index (Phi) is 24.5. The molecule has 0 aliphatic carbocycles. The van der Waals surface area contributed by atoms with Crippen molar-refractivity contribution in [3.63, 3.8) is 0 Å². The predicted octanol–water partition coefficient (Wildman–Crippen LogP) is 19.9. The van der Waals surface area contributed by atoms with Crippen LogP contribution in [-0.2, 0) is 0 Å². The minimum absolute atomic E-state index is 0. The number of hydrogen-bond donors (Lipinski definition) is 0. The van der Waals surface area contributed by atoms with E-state index in [1.807, 2.05) is 101 Å². The van der Waals surface area contributed by atoms with Gasteiger partial charge in [0.1, 0.15) is 0 Å². The Labute approximate surface area is 427 Å². The van der Waals surface area contributed by atoms with Gasteiger partial charge in [0.15, 0.2) is 0 Å². The van der Waals surface area contributed by atoms with Crippen LogP contribution in [0.5, 0.6) is 0 Å². The van der Waals surface area contributed by atoms with Crippen LogP contribution in [0.25, 0.3) is 16.4 Å². The summed E-state index contributed by atoms with van der Waals surface area (Å²) in [5.41, 5.74) is 24.3. The number of benzene rings is 5. The third kappa shape index (κ3) is 18.0. The van der Waals surface area contributed by atoms with Crippen molar-refractivity contribution in [1.29, 1.82) is 0 Å². The number of hydrogen-bond acceptors (Lipinski definition) is 2. The van der Waals surface area contributed by atoms with Gasteiger partial charge in [0.25, 0.3) is 0 Å². The van der Waals surface area contributed by atoms with Gasteiger partial charge >= 0.3 is 46.9 Å². The molecule has 1 N–H and O–H groups in total. The number of rotatable bonds is 14. The second-order valence-electron chi connectivity index (χ2n) is 18.3. The van der Waals surface area contributed by atoms with Crippen LogP contribution in [0.2, 0.25) is 0 Å². The van der Waals surface area contributed by atoms with Crippen LogP contribution in [0.3, 0.4) is 0 Å². The van der Waals surface area contributed by atoms with Crippen LogP contribution in [0.4, 0.5) is 28.4 Å². The van der Waals surface area contributed by atoms with E-state index in [-0.39, 0.29) is 46.9 Å². The molecule has 0 atom stereocenters. The first-order valence-electron chi connectivity index (χ1n) is 22.9. The van der Waals surface area contributed by atoms with Gasteiger partial charge < -0.3 is 16.4 Å². The molecule has 6 heteroatoms. The zero-order valence-electron chi connectivity index (χ0n) is 41.6. The van der Waals surface area contributed by atoms with E-state index in [1.165, 1.54) is 22.3 Å². The molecular weight excluding hydrogens is 940 g/mol. The van der Waals surface area contributed by atoms with Crippen LogP contribution in [0.15, 0.2) is 149 Å². The summed E-state index contributed by atoms with van der Waals surface area (Å²) >= 11 is 0. The van der Waals surface area contributed by atoms with Gasteiger partial charge in [-0.2, -0.15) is 11.4 Å². The fourth-order valence-electron chi connectivity index (χ4n) is 7.33. The Balaban J connectivity index is 0.000000344. The summed E-state index contributed by atoms with van der Waals surface area (Å²) in [6.07, 6.45) is 4.10. The molecule has 64 heavy (non-hydrogen) atoms. The van der Waals surface area contributed by atoms with Gasteiger partial charge in [0.05, 0.1) is 11.4 Å². The van der Waals surface area contributed by atoms with E-state index in [9.17, 15) is 0 Å². The van der Waals surface area contributed by atoms with E-state index in [1.54, 1.807) is 0 Å². The molecule has 0 saturated carbocycles. The van der Waals surface area contributed by atoms with Crippen molar-refractivity contribution in [3.05, 3.63) is 189 Å². The Bertz CT molecular complexity index is 2080. The fraction of sp³-hybridized carbons (Fsp3) is 0.379. The summed E-state index contributed by atoms with van der Waals surface area (Å²) in [4.78, 5) is 9.93. The largest absolute Gasteiger partial charge is 3.00 e. The number of para-hydroxylation sites is 4. The first-order chi connectivity index (χ1) is 29.8. The summed E-state index contributed by atoms with van der Waals surface area (Å²) in [6, 6.07) is 39.2. The Hall–Kier alpha value is -4.16. The summed E-state index contributed by atoms with van der Waals surface area (Å²) in [6.45, 7) is 34.4. The van der Waals surface area contributed by atoms with Crippen LogP contribution in [0, 0.1) is 46.9 Å². The van der Waals surface area contributed by atoms with Crippen molar-refractivity contribution in [2.24, 2.45) is 9.98 Å². The summed E-state index contributed by atoms with van der Waals surface area (Å²) in [7, 11) is 0. The fourth-order valence-corrected chi connectivity index (χ4v) is 7.33. The van der Waals surface area contributed by atoms with Crippen molar-refractivity contribution >= 4 is 39.9 Å². The van der Waals surface area contributed by atoms with Gasteiger partial charge in [0.2, 0.25) is 0 Å². The normalized spacial score (nSPS) is 12.3. The van der Waals surface area contributed by atoms with Gasteiger partial charge in [-0.15, -0.1) is 17.1 Å². The maximum atomic E-state index is 8.01. The van der Waals surface area contributed by atoms with Crippen molar-refractivity contribution in [3.8, 4) is 0 Å². The average Bonchev–Trinajstić information content (AvgIpc) is 3.21. The minimum atomic E-state index is 0. The predicted molar refractivity (Wildman–Crippen MR) is 280 cm³/mol. The first kappa shape index (κ1) is 56.0. The van der Waals surface area contributed by atoms with E-state index < -0.39 is 0 Å². The minimum Gasteiger partial charge on any atom is -0.698 e. The van der Waals surface area contributed by atoms with Gasteiger partial charge in [-0.3, -0.25) is 9.98 Å². The summed E-state index contributed by atoms with van der Waals surface area (Å²) < 4.78 is 0. The Morgan fingerprint density at radius 3 is 0.891 bits per heavy atom. The van der Waals surface area contributed by atoms with E-state index >= 15 is 0 Å². The van der Waals surface area contributed by atoms with E-state index in [0.29, 0.717) is 35.5 Å².